The van der Waals surface area contributed by atoms with E-state index in [2.05, 4.69) is 6.92 Å². The van der Waals surface area contributed by atoms with Gasteiger partial charge in [-0.15, -0.1) is 0 Å². The van der Waals surface area contributed by atoms with Crippen molar-refractivity contribution in [3.63, 3.8) is 0 Å². The number of nitrogens with zero attached hydrogens (tertiary/aromatic N) is 2. The van der Waals surface area contributed by atoms with E-state index in [-0.39, 0.29) is 5.91 Å². The highest BCUT2D eigenvalue weighted by atomic mass is 16.4. The number of benzene rings is 1. The molecule has 0 spiro atoms. The fourth-order valence-electron chi connectivity index (χ4n) is 3.14. The predicted molar refractivity (Wildman–Crippen MR) is 89.1 cm³/mol. The first kappa shape index (κ1) is 16.0. The summed E-state index contributed by atoms with van der Waals surface area (Å²) in [5, 5.41) is 11.4. The van der Waals surface area contributed by atoms with Crippen molar-refractivity contribution in [1.82, 2.24) is 9.80 Å². The van der Waals surface area contributed by atoms with Gasteiger partial charge in [-0.3, -0.25) is 9.69 Å². The number of rotatable bonds is 5. The van der Waals surface area contributed by atoms with Crippen LogP contribution < -0.4 is 0 Å². The number of amides is 1. The molecule has 1 atom stereocenters. The molecule has 0 unspecified atom stereocenters. The zero-order valence-corrected chi connectivity index (χ0v) is 13.6. The van der Waals surface area contributed by atoms with Gasteiger partial charge in [0, 0.05) is 31.6 Å². The molecule has 1 amide bonds. The first-order valence-corrected chi connectivity index (χ1v) is 8.34. The topological polar surface area (TPSA) is 56.9 Å². The van der Waals surface area contributed by atoms with Gasteiger partial charge in [0.2, 0.25) is 5.91 Å². The summed E-state index contributed by atoms with van der Waals surface area (Å²) in [4.78, 5) is 16.2. The minimum atomic E-state index is -0.715. The van der Waals surface area contributed by atoms with Gasteiger partial charge in [-0.25, -0.2) is 0 Å². The molecule has 5 nitrogen and oxygen atoms in total. The molecule has 1 aliphatic heterocycles. The van der Waals surface area contributed by atoms with Crippen LogP contribution in [0.1, 0.15) is 31.6 Å². The summed E-state index contributed by atoms with van der Waals surface area (Å²) in [5.41, 5.74) is 0.780. The van der Waals surface area contributed by atoms with Gasteiger partial charge in [0.1, 0.15) is 17.4 Å². The number of hydrogen-bond acceptors (Lipinski definition) is 4. The number of carbonyl (C=O) groups excluding carboxylic acids is 1. The summed E-state index contributed by atoms with van der Waals surface area (Å²) in [6.45, 7) is 5.33. The van der Waals surface area contributed by atoms with Crippen LogP contribution in [0.15, 0.2) is 34.7 Å². The Labute approximate surface area is 136 Å². The van der Waals surface area contributed by atoms with Crippen molar-refractivity contribution in [1.29, 1.82) is 0 Å². The molecule has 1 saturated heterocycles. The summed E-state index contributed by atoms with van der Waals surface area (Å²) < 4.78 is 5.72. The summed E-state index contributed by atoms with van der Waals surface area (Å²) in [6.07, 6.45) is 1.21. The number of fused-ring (bicyclic) bond motifs is 1. The van der Waals surface area contributed by atoms with Gasteiger partial charge in [0.05, 0.1) is 6.54 Å². The lowest BCUT2D eigenvalue weighted by atomic mass is 10.2. The van der Waals surface area contributed by atoms with Crippen LogP contribution in [0, 0.1) is 0 Å². The molecular formula is C18H24N2O3. The number of aliphatic hydroxyl groups is 1. The Morgan fingerprint density at radius 2 is 2.13 bits per heavy atom. The Balaban J connectivity index is 1.65. The van der Waals surface area contributed by atoms with Crippen molar-refractivity contribution in [3.05, 3.63) is 36.1 Å². The Morgan fingerprint density at radius 1 is 1.30 bits per heavy atom. The third-order valence-corrected chi connectivity index (χ3v) is 4.31. The summed E-state index contributed by atoms with van der Waals surface area (Å²) in [7, 11) is 0. The lowest BCUT2D eigenvalue weighted by Gasteiger charge is -2.22. The number of β-amino-alcohol motifs (C(OH)–C–C–N with tert-alkyl or cyclic N) is 1. The Morgan fingerprint density at radius 3 is 2.91 bits per heavy atom. The van der Waals surface area contributed by atoms with Crippen LogP contribution in [0.25, 0.3) is 11.0 Å². The molecule has 0 bridgehead atoms. The first-order chi connectivity index (χ1) is 11.2. The molecule has 124 valence electrons. The second kappa shape index (κ2) is 7.15. The van der Waals surface area contributed by atoms with Crippen LogP contribution in [0.3, 0.4) is 0 Å². The highest BCUT2D eigenvalue weighted by Gasteiger charge is 2.24. The van der Waals surface area contributed by atoms with E-state index < -0.39 is 6.10 Å². The zero-order chi connectivity index (χ0) is 16.2. The van der Waals surface area contributed by atoms with Crippen molar-refractivity contribution in [2.24, 2.45) is 0 Å². The average Bonchev–Trinajstić information content (AvgIpc) is 2.90. The quantitative estimate of drug-likeness (QED) is 0.920. The van der Waals surface area contributed by atoms with Crippen molar-refractivity contribution < 1.29 is 14.3 Å². The Hall–Kier alpha value is -1.85. The highest BCUT2D eigenvalue weighted by Crippen LogP contribution is 2.24. The van der Waals surface area contributed by atoms with Crippen LogP contribution in [0.4, 0.5) is 0 Å². The van der Waals surface area contributed by atoms with Gasteiger partial charge in [-0.1, -0.05) is 25.1 Å². The molecule has 3 rings (SSSR count). The monoisotopic (exact) mass is 316 g/mol. The number of aliphatic hydroxyl groups excluding tert-OH is 1. The maximum Gasteiger partial charge on any atom is 0.236 e. The minimum absolute atomic E-state index is 0.154. The molecule has 23 heavy (non-hydrogen) atoms. The molecule has 0 aliphatic carbocycles. The largest absolute Gasteiger partial charge is 0.458 e. The third kappa shape index (κ3) is 3.74. The SMILES string of the molecule is CCCN1CCCN(C[C@@H](O)c2cc3ccccc3o2)CC1=O. The summed E-state index contributed by atoms with van der Waals surface area (Å²) in [5.74, 6) is 0.717. The number of hydrogen-bond donors (Lipinski definition) is 1. The summed E-state index contributed by atoms with van der Waals surface area (Å²) >= 11 is 0. The number of para-hydroxylation sites is 1. The van der Waals surface area contributed by atoms with Gasteiger partial charge < -0.3 is 14.4 Å². The molecule has 1 aromatic carbocycles. The predicted octanol–water partition coefficient (Wildman–Crippen LogP) is 2.41. The molecule has 1 aromatic heterocycles. The standard InChI is InChI=1S/C18H24N2O3/c1-2-8-20-10-5-9-19(13-18(20)22)12-15(21)17-11-14-6-3-4-7-16(14)23-17/h3-4,6-7,11,15,21H,2,5,8-10,12-13H2,1H3/t15-/m1/s1. The van der Waals surface area contributed by atoms with Crippen molar-refractivity contribution >= 4 is 16.9 Å². The average molecular weight is 316 g/mol. The van der Waals surface area contributed by atoms with Crippen molar-refractivity contribution in [3.8, 4) is 0 Å². The second-order valence-electron chi connectivity index (χ2n) is 6.17. The van der Waals surface area contributed by atoms with Gasteiger partial charge in [-0.05, 0) is 25.0 Å². The number of carbonyl (C=O) groups is 1. The van der Waals surface area contributed by atoms with Gasteiger partial charge in [-0.2, -0.15) is 0 Å². The van der Waals surface area contributed by atoms with Crippen LogP contribution in [0.2, 0.25) is 0 Å². The van der Waals surface area contributed by atoms with E-state index in [1.807, 2.05) is 40.1 Å². The molecule has 0 saturated carbocycles. The normalized spacial score (nSPS) is 18.3. The van der Waals surface area contributed by atoms with Crippen LogP contribution >= 0.6 is 0 Å². The Bertz CT molecular complexity index is 634. The molecule has 1 fully saturated rings. The minimum Gasteiger partial charge on any atom is -0.458 e. The zero-order valence-electron chi connectivity index (χ0n) is 13.6. The molecule has 0 radical (unpaired) electrons. The maximum absolute atomic E-state index is 12.3. The smallest absolute Gasteiger partial charge is 0.236 e. The second-order valence-corrected chi connectivity index (χ2v) is 6.17. The Kier molecular flexibility index (Phi) is 4.98. The molecule has 1 aliphatic rings. The lowest BCUT2D eigenvalue weighted by Crippen LogP contribution is -2.38. The van der Waals surface area contributed by atoms with E-state index >= 15 is 0 Å². The fraction of sp³-hybridized carbons (Fsp3) is 0.500. The maximum atomic E-state index is 12.3. The molecule has 2 aromatic rings. The van der Waals surface area contributed by atoms with E-state index in [0.29, 0.717) is 18.8 Å². The van der Waals surface area contributed by atoms with E-state index in [9.17, 15) is 9.90 Å². The van der Waals surface area contributed by atoms with Gasteiger partial charge in [0.25, 0.3) is 0 Å². The molecular weight excluding hydrogens is 292 g/mol. The highest BCUT2D eigenvalue weighted by molar-refractivity contribution is 5.79. The van der Waals surface area contributed by atoms with E-state index in [4.69, 9.17) is 4.42 Å². The lowest BCUT2D eigenvalue weighted by molar-refractivity contribution is -0.131. The molecule has 1 N–H and O–H groups in total. The van der Waals surface area contributed by atoms with Crippen LogP contribution in [0.5, 0.6) is 0 Å². The molecule has 5 heteroatoms. The summed E-state index contributed by atoms with van der Waals surface area (Å²) in [6, 6.07) is 9.60. The van der Waals surface area contributed by atoms with E-state index in [0.717, 1.165) is 43.4 Å². The number of furan rings is 1. The first-order valence-electron chi connectivity index (χ1n) is 8.34. The van der Waals surface area contributed by atoms with Gasteiger partial charge in [0.15, 0.2) is 0 Å². The van der Waals surface area contributed by atoms with E-state index in [1.165, 1.54) is 0 Å². The van der Waals surface area contributed by atoms with Crippen LogP contribution in [-0.2, 0) is 4.79 Å². The fourth-order valence-corrected chi connectivity index (χ4v) is 3.14. The third-order valence-electron chi connectivity index (χ3n) is 4.31. The molecule has 2 heterocycles. The van der Waals surface area contributed by atoms with Gasteiger partial charge >= 0.3 is 0 Å². The van der Waals surface area contributed by atoms with Crippen molar-refractivity contribution in [2.75, 3.05) is 32.7 Å². The van der Waals surface area contributed by atoms with E-state index in [1.54, 1.807) is 0 Å². The van der Waals surface area contributed by atoms with Crippen LogP contribution in [-0.4, -0.2) is 53.5 Å². The van der Waals surface area contributed by atoms with Crippen molar-refractivity contribution in [2.45, 2.75) is 25.9 Å².